The maximum absolute atomic E-state index is 12.3. The van der Waals surface area contributed by atoms with Gasteiger partial charge in [-0.2, -0.15) is 5.10 Å². The summed E-state index contributed by atoms with van der Waals surface area (Å²) in [5.41, 5.74) is 9.97. The first-order valence-electron chi connectivity index (χ1n) is 8.87. The summed E-state index contributed by atoms with van der Waals surface area (Å²) in [6.07, 6.45) is 0.391. The van der Waals surface area contributed by atoms with E-state index in [-0.39, 0.29) is 12.3 Å². The van der Waals surface area contributed by atoms with Crippen LogP contribution < -0.4 is 16.3 Å². The first-order chi connectivity index (χ1) is 13.9. The minimum atomic E-state index is -0.829. The highest BCUT2D eigenvalue weighted by molar-refractivity contribution is 6.37. The Hall–Kier alpha value is -2.90. The summed E-state index contributed by atoms with van der Waals surface area (Å²) in [6, 6.07) is 13.9. The van der Waals surface area contributed by atoms with Gasteiger partial charge in [-0.15, -0.1) is 0 Å². The summed E-state index contributed by atoms with van der Waals surface area (Å²) < 4.78 is 0. The molecule has 150 valence electrons. The molecule has 0 saturated carbocycles. The molecule has 1 atom stereocenters. The van der Waals surface area contributed by atoms with Crippen molar-refractivity contribution in [3.63, 3.8) is 0 Å². The average molecular weight is 432 g/mol. The Kier molecular flexibility index (Phi) is 6.85. The number of aliphatic imine (C=N–C) groups is 1. The fourth-order valence-corrected chi connectivity index (χ4v) is 3.27. The minimum Gasteiger partial charge on any atom is -0.285 e. The van der Waals surface area contributed by atoms with Crippen molar-refractivity contribution in [3.8, 4) is 0 Å². The standard InChI is InChI=1S/C20H19Cl2N5O2/c1-12(15-8-7-14(21)10-16(15)22)24-26-19(28)11-17-20(29)27-25-18(23-17)9-13-5-3-2-4-6-13/h2-8,10,17H,9,11H2,1H3,(H,23,25)(H,26,28)(H,27,29)/b24-12-/t17-/m0/s1. The zero-order valence-electron chi connectivity index (χ0n) is 15.6. The number of hydrogen-bond acceptors (Lipinski definition) is 5. The number of carbonyl (C=O) groups excluding carboxylic acids is 2. The van der Waals surface area contributed by atoms with Crippen LogP contribution in [0.25, 0.3) is 0 Å². The number of hydrogen-bond donors (Lipinski definition) is 3. The summed E-state index contributed by atoms with van der Waals surface area (Å²) in [5, 5.41) is 5.00. The van der Waals surface area contributed by atoms with Crippen molar-refractivity contribution in [2.45, 2.75) is 25.8 Å². The summed E-state index contributed by atoms with van der Waals surface area (Å²) in [4.78, 5) is 28.6. The third kappa shape index (κ3) is 5.79. The number of hydrazine groups is 1. The Balaban J connectivity index is 1.62. The van der Waals surface area contributed by atoms with Gasteiger partial charge in [0.05, 0.1) is 17.2 Å². The van der Waals surface area contributed by atoms with E-state index in [4.69, 9.17) is 23.2 Å². The third-order valence-electron chi connectivity index (χ3n) is 4.21. The number of halogens is 2. The monoisotopic (exact) mass is 431 g/mol. The van der Waals surface area contributed by atoms with Gasteiger partial charge in [-0.3, -0.25) is 25.4 Å². The van der Waals surface area contributed by atoms with Crippen molar-refractivity contribution < 1.29 is 9.59 Å². The van der Waals surface area contributed by atoms with Crippen molar-refractivity contribution in [2.75, 3.05) is 0 Å². The highest BCUT2D eigenvalue weighted by atomic mass is 35.5. The van der Waals surface area contributed by atoms with Gasteiger partial charge in [0.15, 0.2) is 0 Å². The Labute approximate surface area is 178 Å². The molecule has 0 aromatic heterocycles. The number of benzene rings is 2. The number of amidine groups is 1. The molecule has 0 radical (unpaired) electrons. The van der Waals surface area contributed by atoms with Crippen molar-refractivity contribution in [1.82, 2.24) is 16.3 Å². The summed E-state index contributed by atoms with van der Waals surface area (Å²) in [5.74, 6) is -0.223. The molecule has 2 aromatic carbocycles. The minimum absolute atomic E-state index is 0.128. The summed E-state index contributed by atoms with van der Waals surface area (Å²) in [7, 11) is 0. The molecule has 0 fully saturated rings. The molecule has 0 aliphatic carbocycles. The molecule has 7 nitrogen and oxygen atoms in total. The largest absolute Gasteiger partial charge is 0.285 e. The molecule has 0 spiro atoms. The molecule has 9 heteroatoms. The molecule has 0 bridgehead atoms. The maximum atomic E-state index is 12.3. The Bertz CT molecular complexity index is 976. The van der Waals surface area contributed by atoms with Crippen LogP contribution in [0, 0.1) is 0 Å². The van der Waals surface area contributed by atoms with E-state index in [2.05, 4.69) is 26.4 Å². The highest BCUT2D eigenvalue weighted by Crippen LogP contribution is 2.21. The van der Waals surface area contributed by atoms with Crippen LogP contribution in [0.15, 0.2) is 58.6 Å². The second-order valence-electron chi connectivity index (χ2n) is 6.43. The topological polar surface area (TPSA) is 94.9 Å². The predicted molar refractivity (Wildman–Crippen MR) is 114 cm³/mol. The number of rotatable bonds is 6. The molecule has 1 aliphatic heterocycles. The number of hydrazone groups is 1. The maximum Gasteiger partial charge on any atom is 0.263 e. The van der Waals surface area contributed by atoms with Crippen LogP contribution in [-0.4, -0.2) is 29.4 Å². The molecule has 1 aliphatic rings. The quantitative estimate of drug-likeness (QED) is 0.484. The van der Waals surface area contributed by atoms with Crippen LogP contribution in [0.3, 0.4) is 0 Å². The van der Waals surface area contributed by atoms with E-state index in [0.29, 0.717) is 33.6 Å². The van der Waals surface area contributed by atoms with Crippen LogP contribution in [0.2, 0.25) is 10.0 Å². The van der Waals surface area contributed by atoms with Gasteiger partial charge >= 0.3 is 0 Å². The van der Waals surface area contributed by atoms with E-state index in [1.807, 2.05) is 30.3 Å². The van der Waals surface area contributed by atoms with E-state index in [1.165, 1.54) is 0 Å². The molecular weight excluding hydrogens is 413 g/mol. The van der Waals surface area contributed by atoms with Crippen molar-refractivity contribution in [2.24, 2.45) is 10.1 Å². The van der Waals surface area contributed by atoms with Gasteiger partial charge < -0.3 is 0 Å². The fourth-order valence-electron chi connectivity index (χ4n) is 2.72. The van der Waals surface area contributed by atoms with E-state index >= 15 is 0 Å². The zero-order chi connectivity index (χ0) is 20.8. The number of amides is 2. The Morgan fingerprint density at radius 1 is 1.17 bits per heavy atom. The molecule has 3 rings (SSSR count). The van der Waals surface area contributed by atoms with Gasteiger partial charge in [-0.25, -0.2) is 5.43 Å². The van der Waals surface area contributed by atoms with E-state index in [0.717, 1.165) is 5.56 Å². The Morgan fingerprint density at radius 2 is 1.93 bits per heavy atom. The van der Waals surface area contributed by atoms with Gasteiger partial charge in [-0.1, -0.05) is 59.6 Å². The smallest absolute Gasteiger partial charge is 0.263 e. The molecule has 0 unspecified atom stereocenters. The van der Waals surface area contributed by atoms with Gasteiger partial charge in [0.1, 0.15) is 11.9 Å². The van der Waals surface area contributed by atoms with Crippen LogP contribution in [0.5, 0.6) is 0 Å². The lowest BCUT2D eigenvalue weighted by atomic mass is 10.1. The number of nitrogens with zero attached hydrogens (tertiary/aromatic N) is 2. The normalized spacial score (nSPS) is 16.5. The second-order valence-corrected chi connectivity index (χ2v) is 7.27. The number of nitrogens with one attached hydrogen (secondary N) is 3. The van der Waals surface area contributed by atoms with Crippen molar-refractivity contribution >= 4 is 46.6 Å². The van der Waals surface area contributed by atoms with Crippen molar-refractivity contribution in [1.29, 1.82) is 0 Å². The summed E-state index contributed by atoms with van der Waals surface area (Å²) >= 11 is 12.0. The van der Waals surface area contributed by atoms with Gasteiger partial charge in [0.25, 0.3) is 5.91 Å². The van der Waals surface area contributed by atoms with E-state index < -0.39 is 11.9 Å². The van der Waals surface area contributed by atoms with Crippen molar-refractivity contribution in [3.05, 3.63) is 69.7 Å². The van der Waals surface area contributed by atoms with Gasteiger partial charge in [-0.05, 0) is 24.6 Å². The second kappa shape index (κ2) is 9.54. The first kappa shape index (κ1) is 20.8. The lowest BCUT2D eigenvalue weighted by Crippen LogP contribution is -2.52. The lowest BCUT2D eigenvalue weighted by molar-refractivity contribution is -0.128. The molecule has 1 heterocycles. The van der Waals surface area contributed by atoms with Crippen LogP contribution in [0.1, 0.15) is 24.5 Å². The molecule has 2 aromatic rings. The molecule has 0 saturated heterocycles. The molecular formula is C20H19Cl2N5O2. The zero-order valence-corrected chi connectivity index (χ0v) is 17.1. The molecule has 3 N–H and O–H groups in total. The van der Waals surface area contributed by atoms with E-state index in [1.54, 1.807) is 25.1 Å². The van der Waals surface area contributed by atoms with Crippen LogP contribution in [0.4, 0.5) is 0 Å². The summed E-state index contributed by atoms with van der Waals surface area (Å²) in [6.45, 7) is 1.71. The van der Waals surface area contributed by atoms with Crippen LogP contribution in [-0.2, 0) is 16.0 Å². The average Bonchev–Trinajstić information content (AvgIpc) is 2.69. The third-order valence-corrected chi connectivity index (χ3v) is 4.75. The number of carbonyl (C=O) groups is 2. The first-order valence-corrected chi connectivity index (χ1v) is 9.63. The molecule has 2 amide bonds. The van der Waals surface area contributed by atoms with Crippen LogP contribution >= 0.6 is 23.2 Å². The Morgan fingerprint density at radius 3 is 2.66 bits per heavy atom. The molecule has 29 heavy (non-hydrogen) atoms. The van der Waals surface area contributed by atoms with Gasteiger partial charge in [0.2, 0.25) is 5.91 Å². The predicted octanol–water partition coefficient (Wildman–Crippen LogP) is 2.87. The fraction of sp³-hybridized carbons (Fsp3) is 0.200. The lowest BCUT2D eigenvalue weighted by Gasteiger charge is -2.21. The highest BCUT2D eigenvalue weighted by Gasteiger charge is 2.25. The van der Waals surface area contributed by atoms with Gasteiger partial charge in [0, 0.05) is 17.0 Å². The SMILES string of the molecule is C/C(=N/NC(=O)C[C@@H]1N=C(Cc2ccccc2)NNC1=O)c1ccc(Cl)cc1Cl. The van der Waals surface area contributed by atoms with E-state index in [9.17, 15) is 9.59 Å².